The Labute approximate surface area is 181 Å². The van der Waals surface area contributed by atoms with Gasteiger partial charge in [0.2, 0.25) is 5.82 Å². The van der Waals surface area contributed by atoms with Crippen LogP contribution in [0.5, 0.6) is 0 Å². The second-order valence-electron chi connectivity index (χ2n) is 7.77. The Morgan fingerprint density at radius 1 is 1.13 bits per heavy atom. The van der Waals surface area contributed by atoms with Crippen LogP contribution in [-0.4, -0.2) is 47.0 Å². The van der Waals surface area contributed by atoms with Crippen molar-refractivity contribution in [3.05, 3.63) is 30.1 Å². The number of hydrogen-bond acceptors (Lipinski definition) is 6. The molecule has 1 aliphatic heterocycles. The van der Waals surface area contributed by atoms with Gasteiger partial charge >= 0.3 is 0 Å². The fourth-order valence-corrected chi connectivity index (χ4v) is 4.72. The topological polar surface area (TPSA) is 71.3 Å². The van der Waals surface area contributed by atoms with E-state index < -0.39 is 0 Å². The van der Waals surface area contributed by atoms with E-state index in [0.29, 0.717) is 12.1 Å². The van der Waals surface area contributed by atoms with Crippen LogP contribution in [0.3, 0.4) is 0 Å². The molecule has 7 heteroatoms. The molecule has 0 spiro atoms. The van der Waals surface area contributed by atoms with Crippen LogP contribution in [0.25, 0.3) is 22.1 Å². The van der Waals surface area contributed by atoms with Crippen molar-refractivity contribution in [1.82, 2.24) is 15.3 Å². The van der Waals surface area contributed by atoms with Crippen molar-refractivity contribution < 1.29 is 9.21 Å². The smallest absolute Gasteiger partial charge is 0.289 e. The highest BCUT2D eigenvalue weighted by Crippen LogP contribution is 2.33. The standard InChI is InChI=1S/C23H30N4O2S/c1-2-15-30-16-9-12-24-23(28)21-25-19-17-10-5-6-11-18(17)29-20(19)22(26-21)27-13-7-3-4-8-14-27/h5-6,10-11H,2-4,7-9,12-16H2,1H3,(H,24,28). The van der Waals surface area contributed by atoms with Crippen LogP contribution in [0.15, 0.2) is 28.7 Å². The normalized spacial score (nSPS) is 14.9. The average molecular weight is 427 g/mol. The van der Waals surface area contributed by atoms with Crippen LogP contribution in [0.4, 0.5) is 5.82 Å². The van der Waals surface area contributed by atoms with Crippen LogP contribution in [-0.2, 0) is 0 Å². The SMILES string of the molecule is CCCSCCCNC(=O)c1nc(N2CCCCCC2)c2oc3ccccc3c2n1. The van der Waals surface area contributed by atoms with E-state index in [0.717, 1.165) is 60.4 Å². The van der Waals surface area contributed by atoms with Crippen molar-refractivity contribution in [2.45, 2.75) is 45.4 Å². The number of nitrogens with one attached hydrogen (secondary N) is 1. The van der Waals surface area contributed by atoms with Gasteiger partial charge in [-0.05, 0) is 49.3 Å². The van der Waals surface area contributed by atoms with Gasteiger partial charge in [-0.25, -0.2) is 9.97 Å². The number of benzene rings is 1. The van der Waals surface area contributed by atoms with Crippen molar-refractivity contribution >= 4 is 45.6 Å². The first-order chi connectivity index (χ1) is 14.8. The van der Waals surface area contributed by atoms with Crippen LogP contribution in [0.1, 0.15) is 56.1 Å². The maximum absolute atomic E-state index is 12.8. The number of hydrogen-bond donors (Lipinski definition) is 1. The number of carbonyl (C=O) groups excluding carboxylic acids is 1. The van der Waals surface area contributed by atoms with Crippen molar-refractivity contribution in [2.75, 3.05) is 36.0 Å². The van der Waals surface area contributed by atoms with Gasteiger partial charge in [0, 0.05) is 25.0 Å². The molecule has 1 saturated heterocycles. The molecular formula is C23H30N4O2S. The van der Waals surface area contributed by atoms with E-state index in [-0.39, 0.29) is 11.7 Å². The highest BCUT2D eigenvalue weighted by atomic mass is 32.2. The molecule has 1 N–H and O–H groups in total. The summed E-state index contributed by atoms with van der Waals surface area (Å²) in [5.41, 5.74) is 2.19. The summed E-state index contributed by atoms with van der Waals surface area (Å²) < 4.78 is 6.15. The molecule has 0 saturated carbocycles. The van der Waals surface area contributed by atoms with E-state index in [4.69, 9.17) is 9.40 Å². The second kappa shape index (κ2) is 10.2. The number of amides is 1. The molecule has 1 amide bonds. The van der Waals surface area contributed by atoms with Crippen LogP contribution >= 0.6 is 11.8 Å². The van der Waals surface area contributed by atoms with E-state index in [1.54, 1.807) is 0 Å². The third kappa shape index (κ3) is 4.72. The van der Waals surface area contributed by atoms with Gasteiger partial charge in [0.1, 0.15) is 11.1 Å². The molecule has 0 atom stereocenters. The van der Waals surface area contributed by atoms with Gasteiger partial charge in [-0.3, -0.25) is 4.79 Å². The third-order valence-electron chi connectivity index (χ3n) is 5.41. The first-order valence-corrected chi connectivity index (χ1v) is 12.2. The lowest BCUT2D eigenvalue weighted by Gasteiger charge is -2.21. The summed E-state index contributed by atoms with van der Waals surface area (Å²) in [6.07, 6.45) is 6.85. The van der Waals surface area contributed by atoms with Gasteiger partial charge in [0.05, 0.1) is 0 Å². The fourth-order valence-electron chi connectivity index (χ4n) is 3.88. The summed E-state index contributed by atoms with van der Waals surface area (Å²) in [4.78, 5) is 24.4. The van der Waals surface area contributed by atoms with Crippen LogP contribution in [0.2, 0.25) is 0 Å². The Morgan fingerprint density at radius 3 is 2.73 bits per heavy atom. The van der Waals surface area contributed by atoms with Crippen LogP contribution in [0, 0.1) is 0 Å². The summed E-state index contributed by atoms with van der Waals surface area (Å²) in [6.45, 7) is 4.68. The number of carbonyl (C=O) groups is 1. The maximum Gasteiger partial charge on any atom is 0.289 e. The zero-order chi connectivity index (χ0) is 20.8. The number of rotatable bonds is 8. The van der Waals surface area contributed by atoms with Gasteiger partial charge in [-0.15, -0.1) is 0 Å². The van der Waals surface area contributed by atoms with E-state index in [9.17, 15) is 4.79 Å². The minimum absolute atomic E-state index is 0.209. The first kappa shape index (κ1) is 21.0. The number of nitrogens with zero attached hydrogens (tertiary/aromatic N) is 3. The molecule has 0 radical (unpaired) electrons. The molecule has 1 aliphatic rings. The van der Waals surface area contributed by atoms with E-state index >= 15 is 0 Å². The number of fused-ring (bicyclic) bond motifs is 3. The zero-order valence-electron chi connectivity index (χ0n) is 17.7. The lowest BCUT2D eigenvalue weighted by atomic mass is 10.2. The molecule has 0 unspecified atom stereocenters. The lowest BCUT2D eigenvalue weighted by molar-refractivity contribution is 0.0944. The molecule has 1 fully saturated rings. The molecule has 3 heterocycles. The predicted molar refractivity (Wildman–Crippen MR) is 125 cm³/mol. The van der Waals surface area contributed by atoms with Crippen molar-refractivity contribution in [2.24, 2.45) is 0 Å². The summed E-state index contributed by atoms with van der Waals surface area (Å²) in [5.74, 6) is 3.00. The molecular weight excluding hydrogens is 396 g/mol. The van der Waals surface area contributed by atoms with Gasteiger partial charge in [0.15, 0.2) is 11.4 Å². The average Bonchev–Trinajstić information content (AvgIpc) is 2.94. The molecule has 3 aromatic rings. The first-order valence-electron chi connectivity index (χ1n) is 11.1. The lowest BCUT2D eigenvalue weighted by Crippen LogP contribution is -2.29. The molecule has 30 heavy (non-hydrogen) atoms. The Bertz CT molecular complexity index is 995. The predicted octanol–water partition coefficient (Wildman–Crippen LogP) is 5.02. The monoisotopic (exact) mass is 426 g/mol. The molecule has 0 bridgehead atoms. The van der Waals surface area contributed by atoms with Crippen molar-refractivity contribution in [1.29, 1.82) is 0 Å². The highest BCUT2D eigenvalue weighted by Gasteiger charge is 2.23. The molecule has 4 rings (SSSR count). The Balaban J connectivity index is 1.62. The minimum Gasteiger partial charge on any atom is -0.450 e. The third-order valence-corrected chi connectivity index (χ3v) is 6.68. The fraction of sp³-hybridized carbons (Fsp3) is 0.522. The van der Waals surface area contributed by atoms with Gasteiger partial charge in [-0.2, -0.15) is 11.8 Å². The maximum atomic E-state index is 12.8. The molecule has 1 aromatic carbocycles. The summed E-state index contributed by atoms with van der Waals surface area (Å²) in [5, 5.41) is 3.92. The van der Waals surface area contributed by atoms with Gasteiger partial charge in [-0.1, -0.05) is 31.9 Å². The summed E-state index contributed by atoms with van der Waals surface area (Å²) in [7, 11) is 0. The minimum atomic E-state index is -0.209. The second-order valence-corrected chi connectivity index (χ2v) is 8.99. The van der Waals surface area contributed by atoms with Crippen molar-refractivity contribution in [3.63, 3.8) is 0 Å². The number of aromatic nitrogens is 2. The van der Waals surface area contributed by atoms with E-state index in [2.05, 4.69) is 22.1 Å². The number of anilines is 1. The highest BCUT2D eigenvalue weighted by molar-refractivity contribution is 7.99. The number of thioether (sulfide) groups is 1. The molecule has 6 nitrogen and oxygen atoms in total. The van der Waals surface area contributed by atoms with Gasteiger partial charge < -0.3 is 14.6 Å². The number of para-hydroxylation sites is 1. The molecule has 2 aromatic heterocycles. The van der Waals surface area contributed by atoms with Crippen molar-refractivity contribution in [3.8, 4) is 0 Å². The Hall–Kier alpha value is -2.28. The van der Waals surface area contributed by atoms with Gasteiger partial charge in [0.25, 0.3) is 5.91 Å². The largest absolute Gasteiger partial charge is 0.450 e. The van der Waals surface area contributed by atoms with E-state index in [1.807, 2.05) is 36.0 Å². The summed E-state index contributed by atoms with van der Waals surface area (Å²) >= 11 is 1.93. The Kier molecular flexibility index (Phi) is 7.10. The van der Waals surface area contributed by atoms with Crippen LogP contribution < -0.4 is 10.2 Å². The Morgan fingerprint density at radius 2 is 1.93 bits per heavy atom. The molecule has 0 aliphatic carbocycles. The zero-order valence-corrected chi connectivity index (χ0v) is 18.5. The van der Waals surface area contributed by atoms with E-state index in [1.165, 1.54) is 25.0 Å². The molecule has 160 valence electrons. The summed E-state index contributed by atoms with van der Waals surface area (Å²) in [6, 6.07) is 7.86. The number of furan rings is 1. The quantitative estimate of drug-likeness (QED) is 0.510.